The van der Waals surface area contributed by atoms with Crippen molar-refractivity contribution in [1.29, 1.82) is 0 Å². The molecular weight excluding hydrogens is 294 g/mol. The highest BCUT2D eigenvalue weighted by atomic mass is 16.5. The Bertz CT molecular complexity index is 991. The van der Waals surface area contributed by atoms with Gasteiger partial charge in [-0.3, -0.25) is 0 Å². The largest absolute Gasteiger partial charge is 0.497 e. The fraction of sp³-hybridized carbons (Fsp3) is 0.0909. The minimum atomic E-state index is 0.871. The van der Waals surface area contributed by atoms with Gasteiger partial charge in [-0.2, -0.15) is 0 Å². The molecule has 2 nitrogen and oxygen atoms in total. The molecule has 3 aromatic carbocycles. The maximum atomic E-state index is 5.28. The number of methoxy groups -OCH3 is 1. The summed E-state index contributed by atoms with van der Waals surface area (Å²) in [6.07, 6.45) is 0. The summed E-state index contributed by atoms with van der Waals surface area (Å²) < 4.78 is 7.57. The van der Waals surface area contributed by atoms with Crippen molar-refractivity contribution >= 4 is 10.8 Å². The van der Waals surface area contributed by atoms with Gasteiger partial charge in [0, 0.05) is 16.9 Å². The first kappa shape index (κ1) is 14.6. The Morgan fingerprint density at radius 2 is 1.50 bits per heavy atom. The Kier molecular flexibility index (Phi) is 3.58. The van der Waals surface area contributed by atoms with E-state index in [0.717, 1.165) is 11.4 Å². The van der Waals surface area contributed by atoms with Crippen LogP contribution in [-0.2, 0) is 0 Å². The molecule has 0 amide bonds. The number of nitrogens with zero attached hydrogens (tertiary/aromatic N) is 1. The molecule has 2 heteroatoms. The summed E-state index contributed by atoms with van der Waals surface area (Å²) in [6.45, 7) is 2.14. The van der Waals surface area contributed by atoms with Crippen LogP contribution in [-0.4, -0.2) is 11.7 Å². The smallest absolute Gasteiger partial charge is 0.119 e. The molecule has 0 radical (unpaired) electrons. The van der Waals surface area contributed by atoms with Crippen molar-refractivity contribution in [2.75, 3.05) is 7.11 Å². The van der Waals surface area contributed by atoms with E-state index in [9.17, 15) is 0 Å². The number of ether oxygens (including phenoxy) is 1. The zero-order valence-corrected chi connectivity index (χ0v) is 13.9. The Balaban J connectivity index is 1.93. The quantitative estimate of drug-likeness (QED) is 0.479. The van der Waals surface area contributed by atoms with E-state index in [4.69, 9.17) is 4.74 Å². The second-order valence-electron chi connectivity index (χ2n) is 5.92. The van der Waals surface area contributed by atoms with E-state index in [1.54, 1.807) is 7.11 Å². The van der Waals surface area contributed by atoms with Gasteiger partial charge >= 0.3 is 0 Å². The summed E-state index contributed by atoms with van der Waals surface area (Å²) in [5.41, 5.74) is 4.80. The summed E-state index contributed by atoms with van der Waals surface area (Å²) in [4.78, 5) is 0. The highest BCUT2D eigenvalue weighted by Gasteiger charge is 2.12. The van der Waals surface area contributed by atoms with Gasteiger partial charge in [0.25, 0.3) is 0 Å². The van der Waals surface area contributed by atoms with E-state index in [0.29, 0.717) is 0 Å². The Hall–Kier alpha value is -3.00. The van der Waals surface area contributed by atoms with Crippen LogP contribution in [0.5, 0.6) is 5.75 Å². The molecular formula is C22H19NO. The van der Waals surface area contributed by atoms with Crippen molar-refractivity contribution in [3.05, 3.63) is 84.6 Å². The summed E-state index contributed by atoms with van der Waals surface area (Å²) in [5.74, 6) is 0.871. The van der Waals surface area contributed by atoms with E-state index >= 15 is 0 Å². The fourth-order valence-corrected chi connectivity index (χ4v) is 3.27. The number of hydrogen-bond acceptors (Lipinski definition) is 1. The van der Waals surface area contributed by atoms with Crippen LogP contribution >= 0.6 is 0 Å². The number of benzene rings is 3. The first-order valence-electron chi connectivity index (χ1n) is 8.09. The highest BCUT2D eigenvalue weighted by Crippen LogP contribution is 2.32. The van der Waals surface area contributed by atoms with Crippen molar-refractivity contribution in [2.24, 2.45) is 0 Å². The third-order valence-electron chi connectivity index (χ3n) is 4.47. The van der Waals surface area contributed by atoms with Gasteiger partial charge in [-0.15, -0.1) is 0 Å². The van der Waals surface area contributed by atoms with Crippen LogP contribution in [0.2, 0.25) is 0 Å². The van der Waals surface area contributed by atoms with Crippen molar-refractivity contribution in [1.82, 2.24) is 4.57 Å². The topological polar surface area (TPSA) is 14.2 Å². The molecule has 1 aromatic heterocycles. The number of hydrogen-bond donors (Lipinski definition) is 0. The van der Waals surface area contributed by atoms with E-state index in [1.165, 1.54) is 27.7 Å². The SMILES string of the molecule is COc1ccc(-n2c(C)ccc2-c2cccc3ccccc23)cc1. The molecule has 0 aliphatic rings. The predicted octanol–water partition coefficient (Wildman–Crippen LogP) is 5.61. The molecule has 4 aromatic rings. The van der Waals surface area contributed by atoms with Gasteiger partial charge in [0.2, 0.25) is 0 Å². The van der Waals surface area contributed by atoms with Crippen molar-refractivity contribution in [3.63, 3.8) is 0 Å². The first-order chi connectivity index (χ1) is 11.8. The van der Waals surface area contributed by atoms with Crippen LogP contribution < -0.4 is 4.74 Å². The minimum Gasteiger partial charge on any atom is -0.497 e. The lowest BCUT2D eigenvalue weighted by Gasteiger charge is -2.14. The van der Waals surface area contributed by atoms with Crippen molar-refractivity contribution in [3.8, 4) is 22.7 Å². The minimum absolute atomic E-state index is 0.871. The standard InChI is InChI=1S/C22H19NO/c1-16-10-15-22(23(16)18-11-13-19(24-2)14-12-18)21-9-5-7-17-6-3-4-8-20(17)21/h3-15H,1-2H3. The first-order valence-corrected chi connectivity index (χ1v) is 8.09. The Morgan fingerprint density at radius 1 is 0.750 bits per heavy atom. The lowest BCUT2D eigenvalue weighted by molar-refractivity contribution is 0.414. The number of rotatable bonds is 3. The van der Waals surface area contributed by atoms with Crippen LogP contribution in [0.25, 0.3) is 27.7 Å². The van der Waals surface area contributed by atoms with Crippen LogP contribution in [0.3, 0.4) is 0 Å². The maximum Gasteiger partial charge on any atom is 0.119 e. The van der Waals surface area contributed by atoms with Gasteiger partial charge in [-0.05, 0) is 54.1 Å². The lowest BCUT2D eigenvalue weighted by Crippen LogP contribution is -1.99. The van der Waals surface area contributed by atoms with Gasteiger partial charge in [0.1, 0.15) is 5.75 Å². The molecule has 118 valence electrons. The van der Waals surface area contributed by atoms with Gasteiger partial charge in [0.05, 0.1) is 12.8 Å². The zero-order chi connectivity index (χ0) is 16.5. The second-order valence-corrected chi connectivity index (χ2v) is 5.92. The normalized spacial score (nSPS) is 10.9. The molecule has 0 aliphatic carbocycles. The molecule has 0 saturated heterocycles. The third kappa shape index (κ3) is 2.37. The highest BCUT2D eigenvalue weighted by molar-refractivity contribution is 5.96. The third-order valence-corrected chi connectivity index (χ3v) is 4.47. The van der Waals surface area contributed by atoms with E-state index in [2.05, 4.69) is 78.2 Å². The maximum absolute atomic E-state index is 5.28. The van der Waals surface area contributed by atoms with E-state index in [-0.39, 0.29) is 0 Å². The summed E-state index contributed by atoms with van der Waals surface area (Å²) in [7, 11) is 1.69. The average molecular weight is 313 g/mol. The number of fused-ring (bicyclic) bond motifs is 1. The molecule has 24 heavy (non-hydrogen) atoms. The molecule has 0 unspecified atom stereocenters. The molecule has 1 heterocycles. The van der Waals surface area contributed by atoms with E-state index < -0.39 is 0 Å². The van der Waals surface area contributed by atoms with Gasteiger partial charge in [0.15, 0.2) is 0 Å². The monoisotopic (exact) mass is 313 g/mol. The van der Waals surface area contributed by atoms with Crippen LogP contribution in [0.15, 0.2) is 78.9 Å². The van der Waals surface area contributed by atoms with E-state index in [1.807, 2.05) is 12.1 Å². The average Bonchev–Trinajstić information content (AvgIpc) is 3.02. The summed E-state index contributed by atoms with van der Waals surface area (Å²) in [6, 6.07) is 27.6. The van der Waals surface area contributed by atoms with Crippen molar-refractivity contribution in [2.45, 2.75) is 6.92 Å². The Labute approximate surface area is 141 Å². The molecule has 0 aliphatic heterocycles. The van der Waals surface area contributed by atoms with Gasteiger partial charge < -0.3 is 9.30 Å². The van der Waals surface area contributed by atoms with Crippen molar-refractivity contribution < 1.29 is 4.74 Å². The van der Waals surface area contributed by atoms with Crippen LogP contribution in [0, 0.1) is 6.92 Å². The molecule has 0 spiro atoms. The molecule has 0 bridgehead atoms. The van der Waals surface area contributed by atoms with Crippen LogP contribution in [0.4, 0.5) is 0 Å². The number of aryl methyl sites for hydroxylation is 1. The fourth-order valence-electron chi connectivity index (χ4n) is 3.27. The molecule has 0 fully saturated rings. The second kappa shape index (κ2) is 5.89. The lowest BCUT2D eigenvalue weighted by atomic mass is 10.0. The summed E-state index contributed by atoms with van der Waals surface area (Å²) >= 11 is 0. The zero-order valence-electron chi connectivity index (χ0n) is 13.9. The van der Waals surface area contributed by atoms with Gasteiger partial charge in [-0.25, -0.2) is 0 Å². The molecule has 0 N–H and O–H groups in total. The molecule has 0 atom stereocenters. The Morgan fingerprint density at radius 3 is 2.29 bits per heavy atom. The number of aromatic nitrogens is 1. The van der Waals surface area contributed by atoms with Crippen LogP contribution in [0.1, 0.15) is 5.69 Å². The molecule has 4 rings (SSSR count). The van der Waals surface area contributed by atoms with Gasteiger partial charge in [-0.1, -0.05) is 42.5 Å². The molecule has 0 saturated carbocycles. The summed E-state index contributed by atoms with van der Waals surface area (Å²) in [5, 5.41) is 2.53. The predicted molar refractivity (Wildman–Crippen MR) is 100 cm³/mol.